The number of carbonyl (C=O) groups excluding carboxylic acids is 3. The number of rotatable bonds is 5. The number of halogens is 1. The molecule has 5 atom stereocenters. The highest BCUT2D eigenvalue weighted by Crippen LogP contribution is 2.50. The van der Waals surface area contributed by atoms with E-state index in [4.69, 9.17) is 11.6 Å². The van der Waals surface area contributed by atoms with Crippen LogP contribution in [0.15, 0.2) is 66.7 Å². The summed E-state index contributed by atoms with van der Waals surface area (Å²) < 4.78 is 0. The van der Waals surface area contributed by atoms with Gasteiger partial charge in [0.25, 0.3) is 0 Å². The van der Waals surface area contributed by atoms with Crippen LogP contribution >= 0.6 is 11.6 Å². The summed E-state index contributed by atoms with van der Waals surface area (Å²) in [6, 6.07) is 15.8. The van der Waals surface area contributed by atoms with Crippen molar-refractivity contribution in [3.8, 4) is 0 Å². The largest absolute Gasteiger partial charge is 0.320 e. The number of amides is 4. The van der Waals surface area contributed by atoms with E-state index in [1.165, 1.54) is 4.90 Å². The molecule has 2 aromatic carbocycles. The van der Waals surface area contributed by atoms with E-state index in [1.54, 1.807) is 24.3 Å². The van der Waals surface area contributed by atoms with E-state index in [9.17, 15) is 14.4 Å². The summed E-state index contributed by atoms with van der Waals surface area (Å²) in [5.41, 5.74) is 1.50. The third-order valence-electron chi connectivity index (χ3n) is 6.78. The molecule has 0 radical (unpaired) electrons. The quantitative estimate of drug-likeness (QED) is 0.529. The van der Waals surface area contributed by atoms with Gasteiger partial charge in [0.05, 0.1) is 11.8 Å². The average Bonchev–Trinajstić information content (AvgIpc) is 3.09. The number of anilines is 1. The fourth-order valence-electron chi connectivity index (χ4n) is 5.30. The van der Waals surface area contributed by atoms with E-state index in [0.717, 1.165) is 18.4 Å². The molecule has 1 saturated carbocycles. The molecule has 1 aliphatic heterocycles. The highest BCUT2D eigenvalue weighted by Gasteiger charge is 2.58. The van der Waals surface area contributed by atoms with Crippen LogP contribution in [0.4, 0.5) is 10.5 Å². The predicted molar refractivity (Wildman–Crippen MR) is 122 cm³/mol. The Kier molecular flexibility index (Phi) is 5.47. The maximum Gasteiger partial charge on any atom is 0.320 e. The van der Waals surface area contributed by atoms with Crippen molar-refractivity contribution in [2.75, 3.05) is 5.32 Å². The number of benzene rings is 2. The minimum absolute atomic E-state index is 0.103. The molecule has 0 spiro atoms. The zero-order valence-electron chi connectivity index (χ0n) is 17.4. The Hall–Kier alpha value is -3.12. The number of fused-ring (bicyclic) bond motifs is 1. The fourth-order valence-corrected chi connectivity index (χ4v) is 5.43. The SMILES string of the molecule is O=C(Nc1ccc(Cl)cc1)N[C@H](Cc1ccccc1)N1C(=O)[C@@H]2[C@H](C1=O)[C@H]1C=C[C@H]2CC1. The Morgan fingerprint density at radius 3 is 2.09 bits per heavy atom. The number of nitrogens with zero attached hydrogens (tertiary/aromatic N) is 1. The van der Waals surface area contributed by atoms with Gasteiger partial charge >= 0.3 is 6.03 Å². The van der Waals surface area contributed by atoms with E-state index in [2.05, 4.69) is 22.8 Å². The van der Waals surface area contributed by atoms with Crippen LogP contribution in [0.3, 0.4) is 0 Å². The van der Waals surface area contributed by atoms with Crippen LogP contribution < -0.4 is 10.6 Å². The van der Waals surface area contributed by atoms with Gasteiger partial charge < -0.3 is 10.6 Å². The molecule has 2 bridgehead atoms. The molecule has 1 saturated heterocycles. The minimum Gasteiger partial charge on any atom is -0.317 e. The first-order valence-electron chi connectivity index (χ1n) is 10.9. The molecule has 7 heteroatoms. The van der Waals surface area contributed by atoms with Gasteiger partial charge in [0, 0.05) is 17.1 Å². The van der Waals surface area contributed by atoms with E-state index < -0.39 is 12.2 Å². The Labute approximate surface area is 191 Å². The number of hydrogen-bond acceptors (Lipinski definition) is 3. The number of allylic oxidation sites excluding steroid dienone is 2. The molecule has 2 aromatic rings. The normalized spacial score (nSPS) is 26.7. The molecule has 6 rings (SSSR count). The molecule has 0 aromatic heterocycles. The Morgan fingerprint density at radius 2 is 1.53 bits per heavy atom. The first kappa shape index (κ1) is 20.8. The van der Waals surface area contributed by atoms with Crippen molar-refractivity contribution in [2.24, 2.45) is 23.7 Å². The van der Waals surface area contributed by atoms with Crippen molar-refractivity contribution < 1.29 is 14.4 Å². The van der Waals surface area contributed by atoms with Gasteiger partial charge in [-0.15, -0.1) is 0 Å². The van der Waals surface area contributed by atoms with Crippen LogP contribution in [-0.4, -0.2) is 28.9 Å². The Morgan fingerprint density at radius 1 is 0.938 bits per heavy atom. The first-order chi connectivity index (χ1) is 15.5. The molecule has 0 unspecified atom stereocenters. The molecule has 32 heavy (non-hydrogen) atoms. The lowest BCUT2D eigenvalue weighted by Crippen LogP contribution is -2.53. The standard InChI is InChI=1S/C25H24ClN3O3/c26-18-10-12-19(13-11-18)27-25(32)28-20(14-15-4-2-1-3-5-15)29-23(30)21-16-6-7-17(9-8-16)22(21)24(29)31/h1-7,10-13,16-17,20-22H,8-9,14H2,(H2,27,28,32)/t16-,17-,20-,21-,22+/m0/s1. The zero-order chi connectivity index (χ0) is 22.2. The number of nitrogens with one attached hydrogen (secondary N) is 2. The van der Waals surface area contributed by atoms with Gasteiger partial charge in [0.15, 0.2) is 0 Å². The summed E-state index contributed by atoms with van der Waals surface area (Å²) in [6.07, 6.45) is 5.63. The van der Waals surface area contributed by atoms with Crippen molar-refractivity contribution in [3.05, 3.63) is 77.3 Å². The molecule has 6 nitrogen and oxygen atoms in total. The second-order valence-corrected chi connectivity index (χ2v) is 9.14. The predicted octanol–water partition coefficient (Wildman–Crippen LogP) is 4.23. The smallest absolute Gasteiger partial charge is 0.317 e. The lowest BCUT2D eigenvalue weighted by Gasteiger charge is -2.38. The van der Waals surface area contributed by atoms with Gasteiger partial charge in [-0.2, -0.15) is 0 Å². The molecule has 164 valence electrons. The average molecular weight is 450 g/mol. The topological polar surface area (TPSA) is 78.5 Å². The van der Waals surface area contributed by atoms with Crippen molar-refractivity contribution in [1.82, 2.24) is 10.2 Å². The number of urea groups is 1. The summed E-state index contributed by atoms with van der Waals surface area (Å²) in [7, 11) is 0. The summed E-state index contributed by atoms with van der Waals surface area (Å²) in [6.45, 7) is 0. The van der Waals surface area contributed by atoms with Gasteiger partial charge in [-0.3, -0.25) is 14.5 Å². The number of carbonyl (C=O) groups is 3. The van der Waals surface area contributed by atoms with Gasteiger partial charge in [0.2, 0.25) is 11.8 Å². The van der Waals surface area contributed by atoms with Gasteiger partial charge in [-0.05, 0) is 54.5 Å². The molecule has 2 fully saturated rings. The second-order valence-electron chi connectivity index (χ2n) is 8.70. The molecule has 3 aliphatic carbocycles. The Balaban J connectivity index is 1.40. The van der Waals surface area contributed by atoms with Crippen LogP contribution in [0.25, 0.3) is 0 Å². The summed E-state index contributed by atoms with van der Waals surface area (Å²) in [4.78, 5) is 41.0. The van der Waals surface area contributed by atoms with E-state index >= 15 is 0 Å². The lowest BCUT2D eigenvalue weighted by atomic mass is 9.63. The van der Waals surface area contributed by atoms with Crippen LogP contribution in [0.1, 0.15) is 18.4 Å². The maximum absolute atomic E-state index is 13.4. The monoisotopic (exact) mass is 449 g/mol. The van der Waals surface area contributed by atoms with Gasteiger partial charge in [-0.25, -0.2) is 4.79 Å². The van der Waals surface area contributed by atoms with Crippen LogP contribution in [-0.2, 0) is 16.0 Å². The van der Waals surface area contributed by atoms with Crippen molar-refractivity contribution in [2.45, 2.75) is 25.4 Å². The summed E-state index contributed by atoms with van der Waals surface area (Å²) in [5.74, 6) is -0.770. The third-order valence-corrected chi connectivity index (χ3v) is 7.03. The Bertz CT molecular complexity index is 1040. The van der Waals surface area contributed by atoms with Crippen molar-refractivity contribution in [3.63, 3.8) is 0 Å². The molecule has 4 amide bonds. The summed E-state index contributed by atoms with van der Waals surface area (Å²) >= 11 is 5.91. The van der Waals surface area contributed by atoms with Gasteiger partial charge in [-0.1, -0.05) is 54.1 Å². The maximum atomic E-state index is 13.4. The highest BCUT2D eigenvalue weighted by molar-refractivity contribution is 6.30. The van der Waals surface area contributed by atoms with Crippen molar-refractivity contribution in [1.29, 1.82) is 0 Å². The van der Waals surface area contributed by atoms with Crippen molar-refractivity contribution >= 4 is 35.1 Å². The van der Waals surface area contributed by atoms with Crippen LogP contribution in [0.5, 0.6) is 0 Å². The van der Waals surface area contributed by atoms with E-state index in [-0.39, 0.29) is 35.5 Å². The number of imide groups is 1. The molecule has 1 heterocycles. The third kappa shape index (κ3) is 3.79. The summed E-state index contributed by atoms with van der Waals surface area (Å²) in [5, 5.41) is 6.20. The number of hydrogen-bond donors (Lipinski definition) is 2. The fraction of sp³-hybridized carbons (Fsp3) is 0.320. The lowest BCUT2D eigenvalue weighted by molar-refractivity contribution is -0.143. The van der Waals surface area contributed by atoms with Crippen LogP contribution in [0, 0.1) is 23.7 Å². The van der Waals surface area contributed by atoms with E-state index in [0.29, 0.717) is 17.1 Å². The van der Waals surface area contributed by atoms with Crippen LogP contribution in [0.2, 0.25) is 5.02 Å². The molecular weight excluding hydrogens is 426 g/mol. The minimum atomic E-state index is -0.769. The second kappa shape index (κ2) is 8.43. The first-order valence-corrected chi connectivity index (χ1v) is 11.3. The molecular formula is C25H24ClN3O3. The zero-order valence-corrected chi connectivity index (χ0v) is 18.2. The molecule has 2 N–H and O–H groups in total. The van der Waals surface area contributed by atoms with Gasteiger partial charge in [0.1, 0.15) is 6.17 Å². The molecule has 4 aliphatic rings. The van der Waals surface area contributed by atoms with E-state index in [1.807, 2.05) is 30.3 Å². The number of likely N-dealkylation sites (tertiary alicyclic amines) is 1. The highest BCUT2D eigenvalue weighted by atomic mass is 35.5.